The molecule has 0 fully saturated rings. The lowest BCUT2D eigenvalue weighted by Gasteiger charge is -2.11. The highest BCUT2D eigenvalue weighted by Crippen LogP contribution is 2.35. The van der Waals surface area contributed by atoms with E-state index in [1.165, 1.54) is 26.9 Å². The maximum absolute atomic E-state index is 11.6. The third kappa shape index (κ3) is 6.26. The Balaban J connectivity index is 1.23. The van der Waals surface area contributed by atoms with Crippen molar-refractivity contribution in [1.29, 1.82) is 0 Å². The maximum Gasteiger partial charge on any atom is 0.407 e. The summed E-state index contributed by atoms with van der Waals surface area (Å²) in [6.07, 6.45) is 3.28. The highest BCUT2D eigenvalue weighted by Gasteiger charge is 2.09. The zero-order valence-corrected chi connectivity index (χ0v) is 20.5. The Morgan fingerprint density at radius 3 is 2.33 bits per heavy atom. The predicted octanol–water partition coefficient (Wildman–Crippen LogP) is 6.18. The summed E-state index contributed by atoms with van der Waals surface area (Å²) in [5, 5.41) is 9.77. The molecule has 0 heterocycles. The Labute approximate surface area is 211 Å². The molecule has 4 rings (SSSR count). The Kier molecular flexibility index (Phi) is 8.62. The summed E-state index contributed by atoms with van der Waals surface area (Å²) in [7, 11) is 0. The zero-order valence-electron chi connectivity index (χ0n) is 20.5. The molecular weight excluding hydrogens is 450 g/mol. The van der Waals surface area contributed by atoms with Crippen molar-refractivity contribution in [3.8, 4) is 23.7 Å². The van der Waals surface area contributed by atoms with E-state index < -0.39 is 12.1 Å². The van der Waals surface area contributed by atoms with Crippen molar-refractivity contribution in [1.82, 2.24) is 5.32 Å². The van der Waals surface area contributed by atoms with E-state index in [1.807, 2.05) is 6.92 Å². The van der Waals surface area contributed by atoms with E-state index in [0.29, 0.717) is 19.4 Å². The first-order valence-electron chi connectivity index (χ1n) is 12.4. The number of benzene rings is 4. The molecule has 4 aromatic rings. The predicted molar refractivity (Wildman–Crippen MR) is 144 cm³/mol. The lowest BCUT2D eigenvalue weighted by molar-refractivity contribution is -0.142. The van der Waals surface area contributed by atoms with E-state index in [9.17, 15) is 9.59 Å². The maximum atomic E-state index is 11.6. The molecule has 36 heavy (non-hydrogen) atoms. The number of amides is 1. The number of alkyl carbamates (subject to hydrolysis) is 1. The van der Waals surface area contributed by atoms with Crippen molar-refractivity contribution < 1.29 is 19.1 Å². The molecule has 0 unspecified atom stereocenters. The standard InChI is InChI=1S/C31H29NO4/c1-2-3-20-35-28(33)22-32-31(34)36-21-9-7-5-4-6-8-11-23-14-15-26-17-16-24-12-10-13-25-18-19-27(23)30(26)29(24)25/h10,12-19H,2-3,5,7,9,20-22H2,1H3,(H,32,34). The minimum atomic E-state index is -0.618. The van der Waals surface area contributed by atoms with Gasteiger partial charge in [-0.25, -0.2) is 4.79 Å². The molecule has 5 nitrogen and oxygen atoms in total. The number of hydrogen-bond acceptors (Lipinski definition) is 4. The van der Waals surface area contributed by atoms with Crippen molar-refractivity contribution >= 4 is 44.4 Å². The van der Waals surface area contributed by atoms with E-state index in [2.05, 4.69) is 83.6 Å². The molecule has 0 aliphatic heterocycles. The fraction of sp³-hybridized carbons (Fsp3) is 0.290. The number of ether oxygens (including phenoxy) is 2. The first-order chi connectivity index (χ1) is 17.7. The molecule has 0 spiro atoms. The smallest absolute Gasteiger partial charge is 0.407 e. The summed E-state index contributed by atoms with van der Waals surface area (Å²) in [4.78, 5) is 23.0. The van der Waals surface area contributed by atoms with Crippen LogP contribution in [0.4, 0.5) is 4.79 Å². The summed E-state index contributed by atoms with van der Waals surface area (Å²) >= 11 is 0. The zero-order chi connectivity index (χ0) is 25.2. The number of carbonyl (C=O) groups excluding carboxylic acids is 2. The van der Waals surface area contributed by atoms with Crippen LogP contribution in [0, 0.1) is 23.7 Å². The third-order valence-corrected chi connectivity index (χ3v) is 5.94. The molecule has 5 heteroatoms. The molecule has 1 N–H and O–H groups in total. The highest BCUT2D eigenvalue weighted by molar-refractivity contribution is 6.23. The van der Waals surface area contributed by atoms with Crippen LogP contribution < -0.4 is 5.32 Å². The van der Waals surface area contributed by atoms with Gasteiger partial charge in [-0.05, 0) is 69.5 Å². The van der Waals surface area contributed by atoms with Crippen LogP contribution >= 0.6 is 0 Å². The van der Waals surface area contributed by atoms with Gasteiger partial charge in [0.1, 0.15) is 6.54 Å². The van der Waals surface area contributed by atoms with E-state index >= 15 is 0 Å². The van der Waals surface area contributed by atoms with Gasteiger partial charge in [0, 0.05) is 12.0 Å². The van der Waals surface area contributed by atoms with E-state index in [0.717, 1.165) is 30.2 Å². The summed E-state index contributed by atoms with van der Waals surface area (Å²) in [5.41, 5.74) is 0.976. The van der Waals surface area contributed by atoms with Crippen LogP contribution in [0.1, 0.15) is 44.6 Å². The summed E-state index contributed by atoms with van der Waals surface area (Å²) in [6.45, 7) is 2.47. The van der Waals surface area contributed by atoms with Gasteiger partial charge in [0.25, 0.3) is 0 Å². The van der Waals surface area contributed by atoms with Crippen molar-refractivity contribution in [3.05, 3.63) is 60.2 Å². The van der Waals surface area contributed by atoms with Crippen LogP contribution in [-0.4, -0.2) is 31.8 Å². The van der Waals surface area contributed by atoms with Crippen LogP contribution in [0.5, 0.6) is 0 Å². The quantitative estimate of drug-likeness (QED) is 0.135. The van der Waals surface area contributed by atoms with Gasteiger partial charge < -0.3 is 14.8 Å². The Hall–Kier alpha value is -4.22. The number of carbonyl (C=O) groups is 2. The lowest BCUT2D eigenvalue weighted by atomic mass is 9.92. The minimum Gasteiger partial charge on any atom is -0.464 e. The van der Waals surface area contributed by atoms with Gasteiger partial charge in [0.15, 0.2) is 0 Å². The second-order valence-electron chi connectivity index (χ2n) is 8.54. The van der Waals surface area contributed by atoms with Crippen LogP contribution in [0.25, 0.3) is 32.3 Å². The monoisotopic (exact) mass is 479 g/mol. The van der Waals surface area contributed by atoms with Gasteiger partial charge in [-0.3, -0.25) is 4.79 Å². The van der Waals surface area contributed by atoms with Gasteiger partial charge in [0.2, 0.25) is 0 Å². The van der Waals surface area contributed by atoms with Crippen LogP contribution in [0.15, 0.2) is 54.6 Å². The van der Waals surface area contributed by atoms with Crippen molar-refractivity contribution in [2.75, 3.05) is 19.8 Å². The molecule has 0 saturated heterocycles. The van der Waals surface area contributed by atoms with E-state index in [1.54, 1.807) is 0 Å². The van der Waals surface area contributed by atoms with Gasteiger partial charge in [-0.2, -0.15) is 0 Å². The van der Waals surface area contributed by atoms with Crippen LogP contribution in [0.2, 0.25) is 0 Å². The van der Waals surface area contributed by atoms with Gasteiger partial charge >= 0.3 is 12.1 Å². The van der Waals surface area contributed by atoms with Crippen LogP contribution in [0.3, 0.4) is 0 Å². The molecule has 0 atom stereocenters. The van der Waals surface area contributed by atoms with Crippen molar-refractivity contribution in [2.24, 2.45) is 0 Å². The Morgan fingerprint density at radius 2 is 1.53 bits per heavy atom. The third-order valence-electron chi connectivity index (χ3n) is 5.94. The number of rotatable bonds is 9. The molecule has 0 aromatic heterocycles. The lowest BCUT2D eigenvalue weighted by Crippen LogP contribution is -2.31. The van der Waals surface area contributed by atoms with Gasteiger partial charge in [0.05, 0.1) is 13.2 Å². The second kappa shape index (κ2) is 12.5. The Bertz CT molecular complexity index is 1470. The summed E-state index contributed by atoms with van der Waals surface area (Å²) in [5.74, 6) is 11.7. The largest absolute Gasteiger partial charge is 0.464 e. The molecule has 182 valence electrons. The average Bonchev–Trinajstić information content (AvgIpc) is 2.90. The molecule has 0 bridgehead atoms. The summed E-state index contributed by atoms with van der Waals surface area (Å²) in [6, 6.07) is 19.2. The Morgan fingerprint density at radius 1 is 0.806 bits per heavy atom. The highest BCUT2D eigenvalue weighted by atomic mass is 16.6. The molecule has 0 saturated carbocycles. The SMILES string of the molecule is CCCCOC(=O)CNC(=O)OCCCCC#CC#Cc1ccc2ccc3cccc4ccc1c2c34. The van der Waals surface area contributed by atoms with Gasteiger partial charge in [-0.15, -0.1) is 0 Å². The first kappa shape index (κ1) is 24.9. The van der Waals surface area contributed by atoms with Gasteiger partial charge in [-0.1, -0.05) is 73.7 Å². The molecular formula is C31H29NO4. The second-order valence-corrected chi connectivity index (χ2v) is 8.54. The van der Waals surface area contributed by atoms with E-state index in [-0.39, 0.29) is 13.2 Å². The molecule has 0 radical (unpaired) electrons. The van der Waals surface area contributed by atoms with Crippen molar-refractivity contribution in [3.63, 3.8) is 0 Å². The number of hydrogen-bond donors (Lipinski definition) is 1. The molecule has 1 amide bonds. The minimum absolute atomic E-state index is 0.182. The number of esters is 1. The average molecular weight is 480 g/mol. The van der Waals surface area contributed by atoms with E-state index in [4.69, 9.17) is 9.47 Å². The topological polar surface area (TPSA) is 64.6 Å². The number of nitrogens with one attached hydrogen (secondary N) is 1. The molecule has 0 aliphatic carbocycles. The normalized spacial score (nSPS) is 10.5. The fourth-order valence-corrected chi connectivity index (χ4v) is 4.11. The van der Waals surface area contributed by atoms with Crippen LogP contribution in [-0.2, 0) is 14.3 Å². The first-order valence-corrected chi connectivity index (χ1v) is 12.4. The molecule has 0 aliphatic rings. The molecule has 4 aromatic carbocycles. The van der Waals surface area contributed by atoms with Crippen molar-refractivity contribution in [2.45, 2.75) is 39.0 Å². The fourth-order valence-electron chi connectivity index (χ4n) is 4.11. The number of unbranched alkanes of at least 4 members (excludes halogenated alkanes) is 3. The summed E-state index contributed by atoms with van der Waals surface area (Å²) < 4.78 is 10.0.